The number of alkyl halides is 6. The first-order valence-corrected chi connectivity index (χ1v) is 9.66. The molecule has 0 aliphatic rings. The first kappa shape index (κ1) is 25.7. The minimum absolute atomic E-state index is 0.00925. The van der Waals surface area contributed by atoms with Crippen LogP contribution in [0.25, 0.3) is 11.1 Å². The van der Waals surface area contributed by atoms with Crippen molar-refractivity contribution in [2.75, 3.05) is 0 Å². The van der Waals surface area contributed by atoms with E-state index in [0.717, 1.165) is 13.8 Å². The van der Waals surface area contributed by atoms with E-state index in [1.54, 1.807) is 0 Å². The van der Waals surface area contributed by atoms with Crippen LogP contribution in [0, 0.1) is 0 Å². The number of halogens is 6. The molecule has 0 saturated carbocycles. The molecule has 0 spiro atoms. The molecule has 0 aliphatic heterocycles. The Labute approximate surface area is 181 Å². The summed E-state index contributed by atoms with van der Waals surface area (Å²) in [5, 5.41) is 11.5. The summed E-state index contributed by atoms with van der Waals surface area (Å²) >= 11 is 0. The van der Waals surface area contributed by atoms with Crippen LogP contribution in [0.3, 0.4) is 0 Å². The van der Waals surface area contributed by atoms with Crippen molar-refractivity contribution in [1.82, 2.24) is 5.32 Å². The van der Waals surface area contributed by atoms with Gasteiger partial charge in [-0.05, 0) is 36.1 Å². The van der Waals surface area contributed by atoms with E-state index in [9.17, 15) is 36.2 Å². The van der Waals surface area contributed by atoms with Gasteiger partial charge in [-0.1, -0.05) is 48.5 Å². The number of hydrogen-bond acceptors (Lipinski definition) is 3. The van der Waals surface area contributed by atoms with Crippen molar-refractivity contribution < 1.29 is 36.2 Å². The zero-order chi connectivity index (χ0) is 24.3. The maximum atomic E-state index is 13.9. The molecule has 0 aromatic heterocycles. The van der Waals surface area contributed by atoms with Crippen LogP contribution in [0.2, 0.25) is 0 Å². The Morgan fingerprint density at radius 1 is 0.938 bits per heavy atom. The molecule has 0 radical (unpaired) electrons. The third-order valence-electron chi connectivity index (χ3n) is 4.80. The van der Waals surface area contributed by atoms with Gasteiger partial charge in [0, 0.05) is 6.42 Å². The number of hydrogen-bond donors (Lipinski definition) is 3. The quantitative estimate of drug-likeness (QED) is 0.467. The summed E-state index contributed by atoms with van der Waals surface area (Å²) in [4.78, 5) is 11.6. The van der Waals surface area contributed by atoms with Gasteiger partial charge in [0.2, 0.25) is 5.91 Å². The normalized spacial score (nSPS) is 15.4. The Balaban J connectivity index is 2.27. The number of aliphatic hydroxyl groups is 1. The molecule has 4 nitrogen and oxygen atoms in total. The van der Waals surface area contributed by atoms with E-state index in [1.807, 2.05) is 0 Å². The van der Waals surface area contributed by atoms with Crippen LogP contribution < -0.4 is 11.1 Å². The molecular formula is C22H24F6N2O2. The summed E-state index contributed by atoms with van der Waals surface area (Å²) < 4.78 is 80.1. The monoisotopic (exact) mass is 462 g/mol. The van der Waals surface area contributed by atoms with Gasteiger partial charge < -0.3 is 10.8 Å². The number of carbonyl (C=O) groups excluding carboxylic acids is 1. The molecule has 4 N–H and O–H groups in total. The molecule has 10 heteroatoms. The summed E-state index contributed by atoms with van der Waals surface area (Å²) in [6.07, 6.45) is -10.2. The third-order valence-corrected chi connectivity index (χ3v) is 4.80. The second-order valence-electron chi connectivity index (χ2n) is 8.04. The van der Waals surface area contributed by atoms with Crippen molar-refractivity contribution in [2.45, 2.75) is 56.7 Å². The fraction of sp³-hybridized carbons (Fsp3) is 0.409. The fourth-order valence-corrected chi connectivity index (χ4v) is 3.19. The molecule has 1 amide bonds. The smallest absolute Gasteiger partial charge is 0.382 e. The molecule has 0 saturated heterocycles. The van der Waals surface area contributed by atoms with E-state index >= 15 is 0 Å². The lowest BCUT2D eigenvalue weighted by Crippen LogP contribution is -2.49. The number of primary amides is 1. The van der Waals surface area contributed by atoms with Crippen LogP contribution in [0.15, 0.2) is 48.5 Å². The van der Waals surface area contributed by atoms with Gasteiger partial charge in [0.05, 0.1) is 6.04 Å². The standard InChI is InChI=1S/C22H24F6N2O2/c1-21(2,25)11-16(20(29)32)30-18(22(26,27)28)15-9-5-13(6-10-15)12-3-7-14(8-4-12)17(31)19(23)24/h3-10,16-19,30-31H,11H2,1-2H3,(H2,29,32)/t16-,17-,18-/m0/s1. The Morgan fingerprint density at radius 2 is 1.38 bits per heavy atom. The molecule has 2 rings (SSSR count). The van der Waals surface area contributed by atoms with Crippen molar-refractivity contribution in [3.05, 3.63) is 59.7 Å². The Kier molecular flexibility index (Phi) is 7.95. The van der Waals surface area contributed by atoms with Crippen LogP contribution in [0.1, 0.15) is 43.5 Å². The van der Waals surface area contributed by atoms with Crippen molar-refractivity contribution >= 4 is 5.91 Å². The Bertz CT molecular complexity index is 893. The van der Waals surface area contributed by atoms with E-state index in [2.05, 4.69) is 5.32 Å². The maximum absolute atomic E-state index is 13.9. The lowest BCUT2D eigenvalue weighted by atomic mass is 9.96. The highest BCUT2D eigenvalue weighted by Crippen LogP contribution is 2.35. The van der Waals surface area contributed by atoms with Crippen LogP contribution >= 0.6 is 0 Å². The zero-order valence-electron chi connectivity index (χ0n) is 17.3. The summed E-state index contributed by atoms with van der Waals surface area (Å²) in [5.74, 6) is -1.10. The summed E-state index contributed by atoms with van der Waals surface area (Å²) in [5.41, 5.74) is 4.08. The minimum Gasteiger partial charge on any atom is -0.382 e. The number of benzene rings is 2. The lowest BCUT2D eigenvalue weighted by Gasteiger charge is -2.28. The van der Waals surface area contributed by atoms with Gasteiger partial charge in [0.25, 0.3) is 6.43 Å². The van der Waals surface area contributed by atoms with Crippen LogP contribution in [0.5, 0.6) is 0 Å². The highest BCUT2D eigenvalue weighted by Gasteiger charge is 2.43. The van der Waals surface area contributed by atoms with E-state index in [0.29, 0.717) is 11.1 Å². The average Bonchev–Trinajstić information content (AvgIpc) is 2.69. The summed E-state index contributed by atoms with van der Waals surface area (Å²) in [7, 11) is 0. The predicted octanol–water partition coefficient (Wildman–Crippen LogP) is 4.84. The second-order valence-corrected chi connectivity index (χ2v) is 8.04. The molecule has 176 valence electrons. The van der Waals surface area contributed by atoms with E-state index in [4.69, 9.17) is 5.73 Å². The van der Waals surface area contributed by atoms with Gasteiger partial charge in [-0.15, -0.1) is 0 Å². The number of rotatable bonds is 9. The van der Waals surface area contributed by atoms with E-state index < -0.39 is 48.8 Å². The second kappa shape index (κ2) is 9.91. The van der Waals surface area contributed by atoms with Gasteiger partial charge >= 0.3 is 6.18 Å². The topological polar surface area (TPSA) is 75.3 Å². The number of amides is 1. The largest absolute Gasteiger partial charge is 0.407 e. The highest BCUT2D eigenvalue weighted by molar-refractivity contribution is 5.80. The molecule has 0 fully saturated rings. The van der Waals surface area contributed by atoms with Crippen LogP contribution in [-0.2, 0) is 4.79 Å². The summed E-state index contributed by atoms with van der Waals surface area (Å²) in [6, 6.07) is 6.90. The summed E-state index contributed by atoms with van der Waals surface area (Å²) in [6.45, 7) is 2.27. The molecule has 32 heavy (non-hydrogen) atoms. The van der Waals surface area contributed by atoms with Gasteiger partial charge in [0.15, 0.2) is 0 Å². The fourth-order valence-electron chi connectivity index (χ4n) is 3.19. The van der Waals surface area contributed by atoms with Crippen LogP contribution in [0.4, 0.5) is 26.3 Å². The minimum atomic E-state index is -4.79. The van der Waals surface area contributed by atoms with Gasteiger partial charge in [-0.2, -0.15) is 13.2 Å². The zero-order valence-corrected chi connectivity index (χ0v) is 17.3. The number of carbonyl (C=O) groups is 1. The molecule has 0 aliphatic carbocycles. The molecule has 2 aromatic rings. The molecule has 0 heterocycles. The van der Waals surface area contributed by atoms with Crippen molar-refractivity contribution in [1.29, 1.82) is 0 Å². The molecule has 3 atom stereocenters. The van der Waals surface area contributed by atoms with Crippen LogP contribution in [-0.4, -0.2) is 35.3 Å². The van der Waals surface area contributed by atoms with E-state index in [1.165, 1.54) is 48.5 Å². The number of nitrogens with two attached hydrogens (primary N) is 1. The maximum Gasteiger partial charge on any atom is 0.407 e. The number of aliphatic hydroxyl groups excluding tert-OH is 1. The van der Waals surface area contributed by atoms with Crippen molar-refractivity contribution in [3.8, 4) is 11.1 Å². The molecule has 0 unspecified atom stereocenters. The van der Waals surface area contributed by atoms with Gasteiger partial charge in [-0.3, -0.25) is 10.1 Å². The molecular weight excluding hydrogens is 438 g/mol. The number of nitrogens with one attached hydrogen (secondary N) is 1. The van der Waals surface area contributed by atoms with Gasteiger partial charge in [-0.25, -0.2) is 13.2 Å². The molecule has 2 aromatic carbocycles. The average molecular weight is 462 g/mol. The molecule has 0 bridgehead atoms. The Morgan fingerprint density at radius 3 is 1.72 bits per heavy atom. The van der Waals surface area contributed by atoms with Crippen molar-refractivity contribution in [2.24, 2.45) is 5.73 Å². The van der Waals surface area contributed by atoms with Crippen molar-refractivity contribution in [3.63, 3.8) is 0 Å². The first-order valence-electron chi connectivity index (χ1n) is 9.66. The van der Waals surface area contributed by atoms with E-state index in [-0.39, 0.29) is 11.1 Å². The predicted molar refractivity (Wildman–Crippen MR) is 108 cm³/mol. The third kappa shape index (κ3) is 6.96. The SMILES string of the molecule is CC(C)(F)C[C@H](N[C@@H](c1ccc(-c2ccc([C@H](O)C(F)F)cc2)cc1)C(F)(F)F)C(N)=O. The Hall–Kier alpha value is -2.59. The first-order chi connectivity index (χ1) is 14.7. The highest BCUT2D eigenvalue weighted by atomic mass is 19.4. The van der Waals surface area contributed by atoms with Gasteiger partial charge in [0.1, 0.15) is 17.8 Å². The lowest BCUT2D eigenvalue weighted by molar-refractivity contribution is -0.161.